The van der Waals surface area contributed by atoms with E-state index in [1.807, 2.05) is 24.3 Å². The number of hydrogen-bond donors (Lipinski definition) is 0. The Kier molecular flexibility index (Phi) is 5.71. The number of aryl methyl sites for hydroxylation is 1. The number of benzene rings is 2. The number of carbonyl (C=O) groups is 2. The van der Waals surface area contributed by atoms with E-state index in [9.17, 15) is 9.59 Å². The first-order valence-electron chi connectivity index (χ1n) is 8.87. The number of halogens is 1. The van der Waals surface area contributed by atoms with Gasteiger partial charge in [0.15, 0.2) is 12.2 Å². The zero-order chi connectivity index (χ0) is 19.4. The minimum absolute atomic E-state index is 0.238. The van der Waals surface area contributed by atoms with Gasteiger partial charge in [0.05, 0.1) is 0 Å². The van der Waals surface area contributed by atoms with E-state index in [-0.39, 0.29) is 12.5 Å². The van der Waals surface area contributed by atoms with Crippen molar-refractivity contribution >= 4 is 29.2 Å². The lowest BCUT2D eigenvalue weighted by Crippen LogP contribution is -2.43. The van der Waals surface area contributed by atoms with Crippen LogP contribution in [0.15, 0.2) is 48.5 Å². The maximum atomic E-state index is 12.6. The zero-order valence-corrected chi connectivity index (χ0v) is 16.2. The van der Waals surface area contributed by atoms with E-state index in [0.717, 1.165) is 24.1 Å². The summed E-state index contributed by atoms with van der Waals surface area (Å²) in [6.07, 6.45) is 1.84. The Labute approximate surface area is 163 Å². The third-order valence-electron chi connectivity index (χ3n) is 4.42. The van der Waals surface area contributed by atoms with Gasteiger partial charge in [-0.25, -0.2) is 4.79 Å². The topological polar surface area (TPSA) is 55.8 Å². The molecule has 3 rings (SSSR count). The number of anilines is 1. The SMILES string of the molecule is CC(C)(Oc1ccc(Cl)cc1)C(=O)OCC(=O)N1CCCc2ccccc21. The highest BCUT2D eigenvalue weighted by Gasteiger charge is 2.33. The van der Waals surface area contributed by atoms with Crippen LogP contribution < -0.4 is 9.64 Å². The fourth-order valence-corrected chi connectivity index (χ4v) is 3.14. The van der Waals surface area contributed by atoms with E-state index in [2.05, 4.69) is 0 Å². The first-order chi connectivity index (χ1) is 12.9. The minimum atomic E-state index is -1.23. The average molecular weight is 388 g/mol. The van der Waals surface area contributed by atoms with Crippen LogP contribution in [0.3, 0.4) is 0 Å². The molecule has 0 spiro atoms. The van der Waals surface area contributed by atoms with Crippen molar-refractivity contribution in [3.8, 4) is 5.75 Å². The van der Waals surface area contributed by atoms with E-state index in [0.29, 0.717) is 17.3 Å². The second-order valence-electron chi connectivity index (χ2n) is 6.92. The van der Waals surface area contributed by atoms with Gasteiger partial charge in [0.25, 0.3) is 5.91 Å². The fraction of sp³-hybridized carbons (Fsp3) is 0.333. The number of esters is 1. The largest absolute Gasteiger partial charge is 0.476 e. The molecule has 1 heterocycles. The van der Waals surface area contributed by atoms with Crippen LogP contribution in [0, 0.1) is 0 Å². The van der Waals surface area contributed by atoms with Gasteiger partial charge in [0.1, 0.15) is 5.75 Å². The lowest BCUT2D eigenvalue weighted by Gasteiger charge is -2.30. The molecule has 0 atom stereocenters. The Morgan fingerprint density at radius 3 is 2.56 bits per heavy atom. The number of para-hydroxylation sites is 1. The van der Waals surface area contributed by atoms with Crippen molar-refractivity contribution in [3.05, 3.63) is 59.1 Å². The fourth-order valence-electron chi connectivity index (χ4n) is 3.01. The van der Waals surface area contributed by atoms with Gasteiger partial charge in [-0.2, -0.15) is 0 Å². The number of fused-ring (bicyclic) bond motifs is 1. The van der Waals surface area contributed by atoms with Crippen molar-refractivity contribution in [1.82, 2.24) is 0 Å². The summed E-state index contributed by atoms with van der Waals surface area (Å²) in [6, 6.07) is 14.5. The first kappa shape index (κ1) is 19.2. The quantitative estimate of drug-likeness (QED) is 0.727. The van der Waals surface area contributed by atoms with Crippen molar-refractivity contribution in [1.29, 1.82) is 0 Å². The molecule has 142 valence electrons. The minimum Gasteiger partial charge on any atom is -0.476 e. The molecule has 2 aromatic carbocycles. The monoisotopic (exact) mass is 387 g/mol. The van der Waals surface area contributed by atoms with Gasteiger partial charge < -0.3 is 14.4 Å². The lowest BCUT2D eigenvalue weighted by molar-refractivity contribution is -0.161. The summed E-state index contributed by atoms with van der Waals surface area (Å²) in [5.41, 5.74) is 0.796. The maximum Gasteiger partial charge on any atom is 0.350 e. The van der Waals surface area contributed by atoms with Crippen LogP contribution in [0.1, 0.15) is 25.8 Å². The summed E-state index contributed by atoms with van der Waals surface area (Å²) in [5.74, 6) is -0.341. The predicted octanol–water partition coefficient (Wildman–Crippen LogP) is 4.02. The molecule has 5 nitrogen and oxygen atoms in total. The molecule has 0 aliphatic carbocycles. The molecule has 1 amide bonds. The van der Waals surface area contributed by atoms with E-state index in [1.165, 1.54) is 0 Å². The lowest BCUT2D eigenvalue weighted by atomic mass is 10.0. The molecular weight excluding hydrogens is 366 g/mol. The molecule has 1 aliphatic heterocycles. The second kappa shape index (κ2) is 8.01. The molecule has 0 unspecified atom stereocenters. The molecule has 0 N–H and O–H groups in total. The smallest absolute Gasteiger partial charge is 0.350 e. The summed E-state index contributed by atoms with van der Waals surface area (Å²) < 4.78 is 10.9. The molecule has 2 aromatic rings. The van der Waals surface area contributed by atoms with Gasteiger partial charge >= 0.3 is 5.97 Å². The van der Waals surface area contributed by atoms with Gasteiger partial charge in [-0.1, -0.05) is 29.8 Å². The van der Waals surface area contributed by atoms with Crippen molar-refractivity contribution in [2.24, 2.45) is 0 Å². The second-order valence-corrected chi connectivity index (χ2v) is 7.36. The Bertz CT molecular complexity index is 832. The average Bonchev–Trinajstić information content (AvgIpc) is 2.67. The Morgan fingerprint density at radius 1 is 1.11 bits per heavy atom. The molecule has 0 saturated carbocycles. The van der Waals surface area contributed by atoms with Gasteiger partial charge in [0, 0.05) is 17.3 Å². The van der Waals surface area contributed by atoms with Gasteiger partial charge in [0.2, 0.25) is 0 Å². The molecule has 0 aromatic heterocycles. The van der Waals surface area contributed by atoms with E-state index < -0.39 is 11.6 Å². The molecule has 6 heteroatoms. The molecule has 0 radical (unpaired) electrons. The molecule has 1 aliphatic rings. The normalized spacial score (nSPS) is 13.7. The highest BCUT2D eigenvalue weighted by Crippen LogP contribution is 2.27. The zero-order valence-electron chi connectivity index (χ0n) is 15.4. The molecule has 27 heavy (non-hydrogen) atoms. The summed E-state index contributed by atoms with van der Waals surface area (Å²) in [4.78, 5) is 26.7. The van der Waals surface area contributed by atoms with E-state index in [4.69, 9.17) is 21.1 Å². The van der Waals surface area contributed by atoms with Crippen molar-refractivity contribution in [2.45, 2.75) is 32.3 Å². The van der Waals surface area contributed by atoms with E-state index in [1.54, 1.807) is 43.0 Å². The third-order valence-corrected chi connectivity index (χ3v) is 4.67. The number of hydrogen-bond acceptors (Lipinski definition) is 4. The summed E-state index contributed by atoms with van der Waals surface area (Å²) >= 11 is 5.85. The Balaban J connectivity index is 1.60. The molecule has 0 bridgehead atoms. The third kappa shape index (κ3) is 4.61. The highest BCUT2D eigenvalue weighted by molar-refractivity contribution is 6.30. The summed E-state index contributed by atoms with van der Waals surface area (Å²) in [7, 11) is 0. The van der Waals surface area contributed by atoms with Crippen molar-refractivity contribution in [2.75, 3.05) is 18.1 Å². The number of carbonyl (C=O) groups excluding carboxylic acids is 2. The van der Waals surface area contributed by atoms with Gasteiger partial charge in [-0.05, 0) is 62.6 Å². The van der Waals surface area contributed by atoms with Crippen LogP contribution in [0.4, 0.5) is 5.69 Å². The van der Waals surface area contributed by atoms with Crippen LogP contribution in [0.25, 0.3) is 0 Å². The predicted molar refractivity (Wildman–Crippen MR) is 104 cm³/mol. The van der Waals surface area contributed by atoms with Gasteiger partial charge in [-0.3, -0.25) is 4.79 Å². The number of ether oxygens (including phenoxy) is 2. The summed E-state index contributed by atoms with van der Waals surface area (Å²) in [5, 5.41) is 0.579. The van der Waals surface area contributed by atoms with Crippen LogP contribution in [-0.4, -0.2) is 30.6 Å². The molecule has 0 saturated heterocycles. The van der Waals surface area contributed by atoms with Gasteiger partial charge in [-0.15, -0.1) is 0 Å². The maximum absolute atomic E-state index is 12.6. The summed E-state index contributed by atoms with van der Waals surface area (Å²) in [6.45, 7) is 3.51. The molecule has 0 fully saturated rings. The van der Waals surface area contributed by atoms with Crippen molar-refractivity contribution in [3.63, 3.8) is 0 Å². The Hall–Kier alpha value is -2.53. The van der Waals surface area contributed by atoms with Crippen LogP contribution in [0.2, 0.25) is 5.02 Å². The van der Waals surface area contributed by atoms with Crippen molar-refractivity contribution < 1.29 is 19.1 Å². The standard InChI is InChI=1S/C21H22ClNO4/c1-21(2,27-17-11-9-16(22)10-12-17)20(25)26-14-19(24)23-13-5-7-15-6-3-4-8-18(15)23/h3-4,6,8-12H,5,7,13-14H2,1-2H3. The van der Waals surface area contributed by atoms with Crippen LogP contribution >= 0.6 is 11.6 Å². The van der Waals surface area contributed by atoms with Crippen LogP contribution in [-0.2, 0) is 20.7 Å². The van der Waals surface area contributed by atoms with Crippen LogP contribution in [0.5, 0.6) is 5.75 Å². The number of rotatable bonds is 5. The number of nitrogens with zero attached hydrogens (tertiary/aromatic N) is 1. The highest BCUT2D eigenvalue weighted by atomic mass is 35.5. The Morgan fingerprint density at radius 2 is 1.81 bits per heavy atom. The number of amides is 1. The van der Waals surface area contributed by atoms with E-state index >= 15 is 0 Å². The first-order valence-corrected chi connectivity index (χ1v) is 9.25. The molecular formula is C21H22ClNO4.